The Hall–Kier alpha value is -3.70. The van der Waals surface area contributed by atoms with Gasteiger partial charge in [-0.15, -0.1) is 0 Å². The predicted molar refractivity (Wildman–Crippen MR) is 102 cm³/mol. The predicted octanol–water partition coefficient (Wildman–Crippen LogP) is 1.29. The lowest BCUT2D eigenvalue weighted by Gasteiger charge is -2.08. The van der Waals surface area contributed by atoms with Crippen molar-refractivity contribution in [3.8, 4) is 6.07 Å². The third-order valence-corrected chi connectivity index (χ3v) is 3.59. The van der Waals surface area contributed by atoms with E-state index in [-0.39, 0.29) is 25.5 Å². The highest BCUT2D eigenvalue weighted by atomic mass is 16.5. The van der Waals surface area contributed by atoms with Gasteiger partial charge >= 0.3 is 0 Å². The van der Waals surface area contributed by atoms with Crippen LogP contribution in [0.2, 0.25) is 0 Å². The summed E-state index contributed by atoms with van der Waals surface area (Å²) >= 11 is 0. The summed E-state index contributed by atoms with van der Waals surface area (Å²) in [6, 6.07) is 17.8. The number of amides is 3. The summed E-state index contributed by atoms with van der Waals surface area (Å²) < 4.78 is 5.01. The number of rotatable bonds is 8. The number of hydrogen-bond donors (Lipinski definition) is 3. The van der Waals surface area contributed by atoms with E-state index in [1.54, 1.807) is 24.3 Å². The number of ether oxygens (including phenoxy) is 1. The van der Waals surface area contributed by atoms with E-state index in [2.05, 4.69) is 16.2 Å². The molecule has 3 amide bonds. The summed E-state index contributed by atoms with van der Waals surface area (Å²) in [5, 5.41) is 11.3. The molecular formula is C20H20N4O4. The van der Waals surface area contributed by atoms with Crippen molar-refractivity contribution in [1.82, 2.24) is 10.9 Å². The van der Waals surface area contributed by atoms with Gasteiger partial charge in [-0.3, -0.25) is 25.2 Å². The molecule has 0 atom stereocenters. The van der Waals surface area contributed by atoms with Gasteiger partial charge in [-0.05, 0) is 36.2 Å². The highest BCUT2D eigenvalue weighted by molar-refractivity contribution is 5.92. The molecule has 0 spiro atoms. The molecule has 2 aromatic rings. The van der Waals surface area contributed by atoms with Crippen LogP contribution < -0.4 is 16.2 Å². The molecule has 3 N–H and O–H groups in total. The van der Waals surface area contributed by atoms with E-state index in [9.17, 15) is 14.4 Å². The topological polar surface area (TPSA) is 120 Å². The normalized spacial score (nSPS) is 9.82. The largest absolute Gasteiger partial charge is 0.362 e. The molecule has 0 aliphatic heterocycles. The van der Waals surface area contributed by atoms with Gasteiger partial charge in [-0.25, -0.2) is 0 Å². The first-order valence-corrected chi connectivity index (χ1v) is 8.56. The number of nitrogens with one attached hydrogen (secondary N) is 3. The third kappa shape index (κ3) is 7.68. The number of carbonyl (C=O) groups is 3. The lowest BCUT2D eigenvalue weighted by atomic mass is 10.1. The lowest BCUT2D eigenvalue weighted by molar-refractivity contribution is -0.133. The Morgan fingerprint density at radius 2 is 1.50 bits per heavy atom. The minimum Gasteiger partial charge on any atom is -0.362 e. The van der Waals surface area contributed by atoms with Crippen LogP contribution in [0, 0.1) is 11.3 Å². The fraction of sp³-hybridized carbons (Fsp3) is 0.200. The third-order valence-electron chi connectivity index (χ3n) is 3.59. The standard InChI is InChI=1S/C20H20N4O4/c21-12-16-6-9-17(10-7-16)22-19(26)13-28-14-20(27)24-23-18(25)11-8-15-4-2-1-3-5-15/h1-7,9-10H,8,11,13-14H2,(H,22,26)(H,23,25)(H,24,27). The Morgan fingerprint density at radius 1 is 0.857 bits per heavy atom. The zero-order valence-corrected chi connectivity index (χ0v) is 15.1. The molecule has 144 valence electrons. The van der Waals surface area contributed by atoms with Crippen molar-refractivity contribution in [2.75, 3.05) is 18.5 Å². The molecule has 0 aliphatic carbocycles. The summed E-state index contributed by atoms with van der Waals surface area (Å²) in [7, 11) is 0. The second kappa shape index (κ2) is 11.1. The molecule has 0 unspecified atom stereocenters. The Kier molecular flexibility index (Phi) is 8.17. The van der Waals surface area contributed by atoms with E-state index >= 15 is 0 Å². The molecule has 8 heteroatoms. The molecule has 0 heterocycles. The average molecular weight is 380 g/mol. The van der Waals surface area contributed by atoms with Gasteiger partial charge in [0.25, 0.3) is 5.91 Å². The number of hydrazine groups is 1. The van der Waals surface area contributed by atoms with Crippen LogP contribution in [-0.2, 0) is 25.5 Å². The second-order valence-electron chi connectivity index (χ2n) is 5.81. The molecule has 2 aromatic carbocycles. The van der Waals surface area contributed by atoms with Crippen LogP contribution in [0.1, 0.15) is 17.5 Å². The van der Waals surface area contributed by atoms with Gasteiger partial charge in [0.2, 0.25) is 11.8 Å². The van der Waals surface area contributed by atoms with Crippen LogP contribution in [0.4, 0.5) is 5.69 Å². The maximum absolute atomic E-state index is 11.7. The van der Waals surface area contributed by atoms with E-state index in [0.29, 0.717) is 17.7 Å². The van der Waals surface area contributed by atoms with Gasteiger partial charge in [0, 0.05) is 12.1 Å². The smallest absolute Gasteiger partial charge is 0.264 e. The van der Waals surface area contributed by atoms with E-state index < -0.39 is 11.8 Å². The van der Waals surface area contributed by atoms with Crippen molar-refractivity contribution >= 4 is 23.4 Å². The molecule has 0 fully saturated rings. The highest BCUT2D eigenvalue weighted by Crippen LogP contribution is 2.08. The number of hydrogen-bond acceptors (Lipinski definition) is 5. The molecular weight excluding hydrogens is 360 g/mol. The summed E-state index contributed by atoms with van der Waals surface area (Å²) in [5.74, 6) is -1.33. The highest BCUT2D eigenvalue weighted by Gasteiger charge is 2.08. The first-order valence-electron chi connectivity index (χ1n) is 8.56. The monoisotopic (exact) mass is 380 g/mol. The fourth-order valence-electron chi connectivity index (χ4n) is 2.20. The quantitative estimate of drug-likeness (QED) is 0.596. The number of nitrogens with zero attached hydrogens (tertiary/aromatic N) is 1. The van der Waals surface area contributed by atoms with Crippen LogP contribution >= 0.6 is 0 Å². The number of aryl methyl sites for hydroxylation is 1. The molecule has 0 aromatic heterocycles. The number of anilines is 1. The minimum absolute atomic E-state index is 0.234. The van der Waals surface area contributed by atoms with Crippen molar-refractivity contribution in [1.29, 1.82) is 5.26 Å². The average Bonchev–Trinajstić information content (AvgIpc) is 2.72. The van der Waals surface area contributed by atoms with Crippen LogP contribution in [-0.4, -0.2) is 30.9 Å². The minimum atomic E-state index is -0.570. The fourth-order valence-corrected chi connectivity index (χ4v) is 2.20. The van der Waals surface area contributed by atoms with E-state index in [1.807, 2.05) is 36.4 Å². The van der Waals surface area contributed by atoms with Crippen molar-refractivity contribution in [3.63, 3.8) is 0 Å². The zero-order chi connectivity index (χ0) is 20.2. The molecule has 28 heavy (non-hydrogen) atoms. The van der Waals surface area contributed by atoms with E-state index in [1.165, 1.54) is 0 Å². The van der Waals surface area contributed by atoms with E-state index in [4.69, 9.17) is 10.00 Å². The van der Waals surface area contributed by atoms with Crippen molar-refractivity contribution in [3.05, 3.63) is 65.7 Å². The maximum atomic E-state index is 11.7. The number of carbonyl (C=O) groups excluding carboxylic acids is 3. The molecule has 2 rings (SSSR count). The van der Waals surface area contributed by atoms with E-state index in [0.717, 1.165) is 5.56 Å². The van der Waals surface area contributed by atoms with Crippen molar-refractivity contribution in [2.24, 2.45) is 0 Å². The van der Waals surface area contributed by atoms with Crippen LogP contribution in [0.25, 0.3) is 0 Å². The maximum Gasteiger partial charge on any atom is 0.264 e. The Labute approximate surface area is 162 Å². The van der Waals surface area contributed by atoms with Gasteiger partial charge in [0.05, 0.1) is 11.6 Å². The SMILES string of the molecule is N#Cc1ccc(NC(=O)COCC(=O)NNC(=O)CCc2ccccc2)cc1. The van der Waals surface area contributed by atoms with Gasteiger partial charge in [0.1, 0.15) is 13.2 Å². The molecule has 8 nitrogen and oxygen atoms in total. The van der Waals surface area contributed by atoms with Crippen LogP contribution in [0.15, 0.2) is 54.6 Å². The molecule has 0 bridgehead atoms. The van der Waals surface area contributed by atoms with Gasteiger partial charge in [0.15, 0.2) is 0 Å². The summed E-state index contributed by atoms with van der Waals surface area (Å²) in [4.78, 5) is 35.1. The van der Waals surface area contributed by atoms with Gasteiger partial charge in [-0.2, -0.15) is 5.26 Å². The van der Waals surface area contributed by atoms with Gasteiger partial charge < -0.3 is 10.1 Å². The first-order chi connectivity index (χ1) is 13.6. The Balaban J connectivity index is 1.58. The Morgan fingerprint density at radius 3 is 2.18 bits per heavy atom. The lowest BCUT2D eigenvalue weighted by Crippen LogP contribution is -2.43. The summed E-state index contributed by atoms with van der Waals surface area (Å²) in [6.45, 7) is -0.699. The molecule has 0 aliphatic rings. The Bertz CT molecular complexity index is 845. The molecule has 0 saturated heterocycles. The second-order valence-corrected chi connectivity index (χ2v) is 5.81. The van der Waals surface area contributed by atoms with Crippen LogP contribution in [0.5, 0.6) is 0 Å². The van der Waals surface area contributed by atoms with Gasteiger partial charge in [-0.1, -0.05) is 30.3 Å². The van der Waals surface area contributed by atoms with Crippen molar-refractivity contribution in [2.45, 2.75) is 12.8 Å². The van der Waals surface area contributed by atoms with Crippen molar-refractivity contribution < 1.29 is 19.1 Å². The molecule has 0 saturated carbocycles. The number of benzene rings is 2. The first kappa shape index (κ1) is 20.6. The molecule has 0 radical (unpaired) electrons. The summed E-state index contributed by atoms with van der Waals surface area (Å²) in [6.07, 6.45) is 0.798. The van der Waals surface area contributed by atoms with Crippen LogP contribution in [0.3, 0.4) is 0 Å². The zero-order valence-electron chi connectivity index (χ0n) is 15.1. The number of nitriles is 1. The summed E-state index contributed by atoms with van der Waals surface area (Å²) in [5.41, 5.74) is 6.55.